The zero-order chi connectivity index (χ0) is 20.1. The molecule has 0 aliphatic carbocycles. The summed E-state index contributed by atoms with van der Waals surface area (Å²) in [5.41, 5.74) is 3.26. The van der Waals surface area contributed by atoms with E-state index in [-0.39, 0.29) is 12.5 Å². The molecule has 1 N–H and O–H groups in total. The number of anilines is 1. The van der Waals surface area contributed by atoms with Gasteiger partial charge < -0.3 is 19.5 Å². The molecule has 6 nitrogen and oxygen atoms in total. The maximum Gasteiger partial charge on any atom is 0.262 e. The third-order valence-electron chi connectivity index (χ3n) is 4.40. The Kier molecular flexibility index (Phi) is 5.30. The molecule has 0 fully saturated rings. The number of amides is 1. The number of fused-ring (bicyclic) bond motifs is 1. The lowest BCUT2D eigenvalue weighted by molar-refractivity contribution is -0.118. The van der Waals surface area contributed by atoms with Crippen molar-refractivity contribution in [2.45, 2.75) is 0 Å². The summed E-state index contributed by atoms with van der Waals surface area (Å²) in [6.07, 6.45) is 0. The first kappa shape index (κ1) is 18.4. The van der Waals surface area contributed by atoms with Gasteiger partial charge in [0.05, 0.1) is 11.6 Å². The highest BCUT2D eigenvalue weighted by Gasteiger charge is 2.13. The molecule has 0 aromatic heterocycles. The van der Waals surface area contributed by atoms with Crippen molar-refractivity contribution < 1.29 is 19.0 Å². The SMILES string of the molecule is N#Cc1ccc(-c2ccc(OCC(=O)Nc3ccc4c(c3)OCCO4)cc2)cc1. The Morgan fingerprint density at radius 2 is 1.59 bits per heavy atom. The fourth-order valence-electron chi connectivity index (χ4n) is 2.95. The predicted molar refractivity (Wildman–Crippen MR) is 108 cm³/mol. The number of benzene rings is 3. The quantitative estimate of drug-likeness (QED) is 0.716. The number of rotatable bonds is 5. The molecule has 29 heavy (non-hydrogen) atoms. The summed E-state index contributed by atoms with van der Waals surface area (Å²) in [5.74, 6) is 1.62. The minimum absolute atomic E-state index is 0.106. The lowest BCUT2D eigenvalue weighted by Crippen LogP contribution is -2.20. The third-order valence-corrected chi connectivity index (χ3v) is 4.40. The normalized spacial score (nSPS) is 12.0. The molecular weight excluding hydrogens is 368 g/mol. The second-order valence-electron chi connectivity index (χ2n) is 6.41. The van der Waals surface area contributed by atoms with Crippen LogP contribution in [0.5, 0.6) is 17.2 Å². The number of nitrogens with zero attached hydrogens (tertiary/aromatic N) is 1. The first-order chi connectivity index (χ1) is 14.2. The van der Waals surface area contributed by atoms with Gasteiger partial charge >= 0.3 is 0 Å². The molecule has 0 spiro atoms. The summed E-state index contributed by atoms with van der Waals surface area (Å²) in [6.45, 7) is 0.910. The Labute approximate surface area is 168 Å². The number of nitrogens with one attached hydrogen (secondary N) is 1. The van der Waals surface area contributed by atoms with Gasteiger partial charge in [-0.2, -0.15) is 5.26 Å². The number of hydrogen-bond acceptors (Lipinski definition) is 5. The van der Waals surface area contributed by atoms with Crippen LogP contribution >= 0.6 is 0 Å². The van der Waals surface area contributed by atoms with E-state index in [2.05, 4.69) is 11.4 Å². The fraction of sp³-hybridized carbons (Fsp3) is 0.130. The molecule has 0 saturated carbocycles. The van der Waals surface area contributed by atoms with Crippen molar-refractivity contribution in [2.24, 2.45) is 0 Å². The Morgan fingerprint density at radius 1 is 0.931 bits per heavy atom. The summed E-state index contributed by atoms with van der Waals surface area (Å²) >= 11 is 0. The van der Waals surface area contributed by atoms with Crippen LogP contribution in [0.25, 0.3) is 11.1 Å². The molecule has 6 heteroatoms. The smallest absolute Gasteiger partial charge is 0.262 e. The molecule has 0 bridgehead atoms. The zero-order valence-electron chi connectivity index (χ0n) is 15.6. The Bertz CT molecular complexity index is 1050. The van der Waals surface area contributed by atoms with E-state index in [1.807, 2.05) is 36.4 Å². The van der Waals surface area contributed by atoms with Crippen LogP contribution in [-0.2, 0) is 4.79 Å². The number of hydrogen-bond donors (Lipinski definition) is 1. The van der Waals surface area contributed by atoms with Crippen molar-refractivity contribution >= 4 is 11.6 Å². The van der Waals surface area contributed by atoms with Crippen molar-refractivity contribution in [1.29, 1.82) is 5.26 Å². The molecule has 0 atom stereocenters. The zero-order valence-corrected chi connectivity index (χ0v) is 15.6. The van der Waals surface area contributed by atoms with Crippen LogP contribution in [0.3, 0.4) is 0 Å². The highest BCUT2D eigenvalue weighted by molar-refractivity contribution is 5.92. The lowest BCUT2D eigenvalue weighted by atomic mass is 10.0. The lowest BCUT2D eigenvalue weighted by Gasteiger charge is -2.19. The Morgan fingerprint density at radius 3 is 2.28 bits per heavy atom. The number of nitriles is 1. The maximum absolute atomic E-state index is 12.2. The van der Waals surface area contributed by atoms with Crippen LogP contribution in [0.2, 0.25) is 0 Å². The summed E-state index contributed by atoms with van der Waals surface area (Å²) < 4.78 is 16.5. The monoisotopic (exact) mass is 386 g/mol. The van der Waals surface area contributed by atoms with Crippen molar-refractivity contribution in [3.63, 3.8) is 0 Å². The fourth-order valence-corrected chi connectivity index (χ4v) is 2.95. The molecule has 144 valence electrons. The highest BCUT2D eigenvalue weighted by atomic mass is 16.6. The van der Waals surface area contributed by atoms with Gasteiger partial charge in [-0.25, -0.2) is 0 Å². The molecule has 3 aromatic carbocycles. The number of carbonyl (C=O) groups excluding carboxylic acids is 1. The molecule has 0 unspecified atom stereocenters. The summed E-state index contributed by atoms with van der Waals surface area (Å²) in [6, 6.07) is 22.2. The summed E-state index contributed by atoms with van der Waals surface area (Å²) in [4.78, 5) is 12.2. The van der Waals surface area contributed by atoms with Crippen LogP contribution in [0.1, 0.15) is 5.56 Å². The summed E-state index contributed by atoms with van der Waals surface area (Å²) in [7, 11) is 0. The molecule has 4 rings (SSSR count). The predicted octanol–water partition coefficient (Wildman–Crippen LogP) is 4.01. The van der Waals surface area contributed by atoms with Gasteiger partial charge in [0.15, 0.2) is 18.1 Å². The topological polar surface area (TPSA) is 80.6 Å². The van der Waals surface area contributed by atoms with E-state index in [0.717, 1.165) is 11.1 Å². The molecule has 0 saturated heterocycles. The van der Waals surface area contributed by atoms with E-state index in [1.54, 1.807) is 30.3 Å². The van der Waals surface area contributed by atoms with Gasteiger partial charge in [-0.15, -0.1) is 0 Å². The van der Waals surface area contributed by atoms with Crippen LogP contribution in [-0.4, -0.2) is 25.7 Å². The van der Waals surface area contributed by atoms with Crippen LogP contribution in [0.4, 0.5) is 5.69 Å². The van der Waals surface area contributed by atoms with Crippen LogP contribution in [0.15, 0.2) is 66.7 Å². The minimum Gasteiger partial charge on any atom is -0.486 e. The van der Waals surface area contributed by atoms with Crippen molar-refractivity contribution in [2.75, 3.05) is 25.1 Å². The van der Waals surface area contributed by atoms with E-state index < -0.39 is 0 Å². The molecular formula is C23H18N2O4. The molecule has 0 radical (unpaired) electrons. The second-order valence-corrected chi connectivity index (χ2v) is 6.41. The maximum atomic E-state index is 12.2. The van der Waals surface area contributed by atoms with Crippen LogP contribution in [0, 0.1) is 11.3 Å². The van der Waals surface area contributed by atoms with Crippen LogP contribution < -0.4 is 19.5 Å². The van der Waals surface area contributed by atoms with Gasteiger partial charge in [0.1, 0.15) is 19.0 Å². The summed E-state index contributed by atoms with van der Waals surface area (Å²) in [5, 5.41) is 11.7. The average molecular weight is 386 g/mol. The minimum atomic E-state index is -0.266. The van der Waals surface area contributed by atoms with Crippen molar-refractivity contribution in [3.8, 4) is 34.4 Å². The number of carbonyl (C=O) groups is 1. The van der Waals surface area contributed by atoms with Gasteiger partial charge in [0.2, 0.25) is 0 Å². The van der Waals surface area contributed by atoms with Gasteiger partial charge in [0.25, 0.3) is 5.91 Å². The van der Waals surface area contributed by atoms with Gasteiger partial charge in [-0.05, 0) is 47.5 Å². The molecule has 3 aromatic rings. The van der Waals surface area contributed by atoms with Gasteiger partial charge in [0, 0.05) is 11.8 Å². The first-order valence-corrected chi connectivity index (χ1v) is 9.14. The molecule has 1 aliphatic heterocycles. The second kappa shape index (κ2) is 8.36. The van der Waals surface area contributed by atoms with E-state index in [4.69, 9.17) is 19.5 Å². The number of ether oxygens (including phenoxy) is 3. The average Bonchev–Trinajstić information content (AvgIpc) is 2.78. The molecule has 1 aliphatic rings. The highest BCUT2D eigenvalue weighted by Crippen LogP contribution is 2.32. The van der Waals surface area contributed by atoms with Gasteiger partial charge in [-0.1, -0.05) is 24.3 Å². The van der Waals surface area contributed by atoms with E-state index >= 15 is 0 Å². The van der Waals surface area contributed by atoms with Crippen molar-refractivity contribution in [3.05, 3.63) is 72.3 Å². The Hall–Kier alpha value is -3.98. The molecule has 1 heterocycles. The largest absolute Gasteiger partial charge is 0.486 e. The third kappa shape index (κ3) is 4.47. The van der Waals surface area contributed by atoms with E-state index in [0.29, 0.717) is 41.7 Å². The first-order valence-electron chi connectivity index (χ1n) is 9.14. The standard InChI is InChI=1S/C23H18N2O4/c24-14-16-1-3-17(4-2-16)18-5-8-20(9-6-18)29-15-23(26)25-19-7-10-21-22(13-19)28-12-11-27-21/h1-10,13H,11-12,15H2,(H,25,26). The molecule has 1 amide bonds. The van der Waals surface area contributed by atoms with Gasteiger partial charge in [-0.3, -0.25) is 4.79 Å². The Balaban J connectivity index is 1.32. The van der Waals surface area contributed by atoms with E-state index in [1.165, 1.54) is 0 Å². The van der Waals surface area contributed by atoms with E-state index in [9.17, 15) is 4.79 Å². The van der Waals surface area contributed by atoms with Crippen molar-refractivity contribution in [1.82, 2.24) is 0 Å².